The molecule has 2 rings (SSSR count). The summed E-state index contributed by atoms with van der Waals surface area (Å²) in [6, 6.07) is 6.17. The number of fused-ring (bicyclic) bond motifs is 1. The molecule has 0 spiro atoms. The number of nitrogens with zero attached hydrogens (tertiary/aromatic N) is 1. The van der Waals surface area contributed by atoms with Crippen LogP contribution in [0.25, 0.3) is 0 Å². The Morgan fingerprint density at radius 3 is 3.27 bits per heavy atom. The first-order valence-corrected chi connectivity index (χ1v) is 5.50. The van der Waals surface area contributed by atoms with Gasteiger partial charge in [0.2, 0.25) is 4.71 Å². The molecule has 1 aromatic heterocycles. The molecule has 1 N–H and O–H groups in total. The van der Waals surface area contributed by atoms with E-state index in [9.17, 15) is 0 Å². The second kappa shape index (κ2) is 2.95. The zero-order valence-electron chi connectivity index (χ0n) is 6.15. The predicted molar refractivity (Wildman–Crippen MR) is 50.6 cm³/mol. The SMILES string of the molecule is CSC1Nc2cccc[n+]2S1. The lowest BCUT2D eigenvalue weighted by molar-refractivity contribution is -0.473. The molecular formula is C7H9N2S2+. The largest absolute Gasteiger partial charge is 0.288 e. The van der Waals surface area contributed by atoms with Gasteiger partial charge in [-0.1, -0.05) is 6.07 Å². The molecule has 11 heavy (non-hydrogen) atoms. The van der Waals surface area contributed by atoms with Gasteiger partial charge in [-0.15, -0.1) is 11.8 Å². The topological polar surface area (TPSA) is 15.9 Å². The average Bonchev–Trinajstić information content (AvgIpc) is 2.46. The molecule has 0 aromatic carbocycles. The van der Waals surface area contributed by atoms with Crippen LogP contribution >= 0.6 is 23.7 Å². The molecular weight excluding hydrogens is 176 g/mol. The summed E-state index contributed by atoms with van der Waals surface area (Å²) in [5.74, 6) is 1.19. The minimum Gasteiger partial charge on any atom is -0.249 e. The third-order valence-corrected chi connectivity index (χ3v) is 3.75. The maximum atomic E-state index is 3.37. The summed E-state index contributed by atoms with van der Waals surface area (Å²) in [5.41, 5.74) is 0. The van der Waals surface area contributed by atoms with Gasteiger partial charge in [0.25, 0.3) is 5.82 Å². The van der Waals surface area contributed by atoms with E-state index in [2.05, 4.69) is 27.8 Å². The standard InChI is InChI=1S/C7H8N2S2/c1-10-7-8-6-4-2-3-5-9(6)11-7/h2-5,7H,1H3/p+1. The number of nitrogens with one attached hydrogen (secondary N) is 1. The summed E-state index contributed by atoms with van der Waals surface area (Å²) >= 11 is 3.62. The van der Waals surface area contributed by atoms with E-state index < -0.39 is 0 Å². The van der Waals surface area contributed by atoms with Gasteiger partial charge in [0.15, 0.2) is 0 Å². The van der Waals surface area contributed by atoms with Gasteiger partial charge in [-0.2, -0.15) is 3.97 Å². The third-order valence-electron chi connectivity index (χ3n) is 1.51. The van der Waals surface area contributed by atoms with Gasteiger partial charge in [0.05, 0.1) is 0 Å². The van der Waals surface area contributed by atoms with Crippen LogP contribution in [0.2, 0.25) is 0 Å². The highest BCUT2D eigenvalue weighted by atomic mass is 32.2. The Bertz CT molecular complexity index is 239. The van der Waals surface area contributed by atoms with E-state index in [4.69, 9.17) is 0 Å². The fraction of sp³-hybridized carbons (Fsp3) is 0.286. The highest BCUT2D eigenvalue weighted by Crippen LogP contribution is 2.26. The zero-order valence-corrected chi connectivity index (χ0v) is 7.78. The van der Waals surface area contributed by atoms with Crippen LogP contribution in [0.3, 0.4) is 0 Å². The lowest BCUT2D eigenvalue weighted by atomic mass is 10.5. The first-order valence-electron chi connectivity index (χ1n) is 3.37. The smallest absolute Gasteiger partial charge is 0.249 e. The molecule has 0 saturated carbocycles. The Kier molecular flexibility index (Phi) is 1.96. The molecule has 1 aromatic rings. The summed E-state index contributed by atoms with van der Waals surface area (Å²) in [5, 5.41) is 3.37. The van der Waals surface area contributed by atoms with Crippen LogP contribution in [-0.4, -0.2) is 11.0 Å². The van der Waals surface area contributed by atoms with E-state index >= 15 is 0 Å². The van der Waals surface area contributed by atoms with Gasteiger partial charge in [-0.05, 0) is 12.3 Å². The molecule has 0 fully saturated rings. The fourth-order valence-corrected chi connectivity index (χ4v) is 2.59. The number of hydrogen-bond donors (Lipinski definition) is 1. The lowest BCUT2D eigenvalue weighted by Crippen LogP contribution is -2.20. The van der Waals surface area contributed by atoms with Gasteiger partial charge >= 0.3 is 0 Å². The molecule has 0 bridgehead atoms. The van der Waals surface area contributed by atoms with Crippen LogP contribution in [0.5, 0.6) is 0 Å². The van der Waals surface area contributed by atoms with Gasteiger partial charge in [0.1, 0.15) is 18.1 Å². The van der Waals surface area contributed by atoms with E-state index in [-0.39, 0.29) is 0 Å². The Morgan fingerprint density at radius 2 is 2.55 bits per heavy atom. The van der Waals surface area contributed by atoms with Crippen LogP contribution in [0, 0.1) is 0 Å². The lowest BCUT2D eigenvalue weighted by Gasteiger charge is -1.93. The van der Waals surface area contributed by atoms with Crippen molar-refractivity contribution in [1.29, 1.82) is 0 Å². The number of thioether (sulfide) groups is 1. The molecule has 4 heteroatoms. The van der Waals surface area contributed by atoms with Crippen LogP contribution in [0.1, 0.15) is 0 Å². The molecule has 1 atom stereocenters. The van der Waals surface area contributed by atoms with Gasteiger partial charge in [0, 0.05) is 6.07 Å². The van der Waals surface area contributed by atoms with Crippen molar-refractivity contribution in [2.24, 2.45) is 0 Å². The van der Waals surface area contributed by atoms with Crippen molar-refractivity contribution in [3.8, 4) is 0 Å². The Hall–Kier alpha value is -0.350. The van der Waals surface area contributed by atoms with Crippen molar-refractivity contribution in [1.82, 2.24) is 0 Å². The van der Waals surface area contributed by atoms with E-state index in [1.54, 1.807) is 11.9 Å². The fourth-order valence-electron chi connectivity index (χ4n) is 0.984. The van der Waals surface area contributed by atoms with Crippen LogP contribution < -0.4 is 9.29 Å². The van der Waals surface area contributed by atoms with Crippen LogP contribution in [0.4, 0.5) is 5.82 Å². The molecule has 0 aliphatic carbocycles. The van der Waals surface area contributed by atoms with Gasteiger partial charge < -0.3 is 0 Å². The summed E-state index contributed by atoms with van der Waals surface area (Å²) in [4.78, 5) is 0. The first kappa shape index (κ1) is 7.31. The molecule has 2 heterocycles. The molecule has 1 aliphatic heterocycles. The minimum absolute atomic E-state index is 0.470. The predicted octanol–water partition coefficient (Wildman–Crippen LogP) is 1.54. The second-order valence-electron chi connectivity index (χ2n) is 2.23. The monoisotopic (exact) mass is 185 g/mol. The van der Waals surface area contributed by atoms with E-state index in [0.29, 0.717) is 4.71 Å². The number of anilines is 1. The van der Waals surface area contributed by atoms with E-state index in [1.165, 1.54) is 5.82 Å². The molecule has 1 aliphatic rings. The highest BCUT2D eigenvalue weighted by Gasteiger charge is 2.27. The van der Waals surface area contributed by atoms with Gasteiger partial charge in [-0.25, -0.2) is 5.32 Å². The average molecular weight is 185 g/mol. The Balaban J connectivity index is 2.27. The van der Waals surface area contributed by atoms with Crippen molar-refractivity contribution in [3.05, 3.63) is 24.4 Å². The third kappa shape index (κ3) is 1.32. The molecule has 0 amide bonds. The number of rotatable bonds is 1. The maximum Gasteiger partial charge on any atom is 0.288 e. The van der Waals surface area contributed by atoms with Gasteiger partial charge in [-0.3, -0.25) is 0 Å². The molecule has 2 nitrogen and oxygen atoms in total. The van der Waals surface area contributed by atoms with Crippen LogP contribution in [-0.2, 0) is 0 Å². The number of pyridine rings is 1. The summed E-state index contributed by atoms with van der Waals surface area (Å²) in [6.07, 6.45) is 4.18. The zero-order chi connectivity index (χ0) is 7.68. The first-order chi connectivity index (χ1) is 5.40. The van der Waals surface area contributed by atoms with Crippen molar-refractivity contribution in [3.63, 3.8) is 0 Å². The van der Waals surface area contributed by atoms with Crippen molar-refractivity contribution in [2.45, 2.75) is 4.71 Å². The van der Waals surface area contributed by atoms with E-state index in [0.717, 1.165) is 0 Å². The minimum atomic E-state index is 0.470. The Labute approximate surface area is 74.5 Å². The normalized spacial score (nSPS) is 21.0. The highest BCUT2D eigenvalue weighted by molar-refractivity contribution is 8.14. The summed E-state index contributed by atoms with van der Waals surface area (Å²) in [7, 11) is 0. The molecule has 1 unspecified atom stereocenters. The van der Waals surface area contributed by atoms with Crippen molar-refractivity contribution < 1.29 is 3.97 Å². The molecule has 58 valence electrons. The number of aromatic nitrogens is 1. The molecule has 0 saturated heterocycles. The quantitative estimate of drug-likeness (QED) is 0.668. The second-order valence-corrected chi connectivity index (χ2v) is 4.55. The van der Waals surface area contributed by atoms with E-state index in [1.807, 2.05) is 23.9 Å². The molecule has 0 radical (unpaired) electrons. The summed E-state index contributed by atoms with van der Waals surface area (Å²) < 4.78 is 2.62. The number of hydrogen-bond acceptors (Lipinski definition) is 3. The summed E-state index contributed by atoms with van der Waals surface area (Å²) in [6.45, 7) is 0. The van der Waals surface area contributed by atoms with Crippen molar-refractivity contribution in [2.75, 3.05) is 11.6 Å². The maximum absolute atomic E-state index is 3.37. The van der Waals surface area contributed by atoms with Crippen molar-refractivity contribution >= 4 is 29.5 Å². The Morgan fingerprint density at radius 1 is 1.64 bits per heavy atom. The van der Waals surface area contributed by atoms with Crippen LogP contribution in [0.15, 0.2) is 24.4 Å².